The fourth-order valence-electron chi connectivity index (χ4n) is 2.02. The molecule has 0 fully saturated rings. The lowest BCUT2D eigenvalue weighted by molar-refractivity contribution is -0.128. The second-order valence-electron chi connectivity index (χ2n) is 4.42. The van der Waals surface area contributed by atoms with Crippen LogP contribution in [-0.4, -0.2) is 12.9 Å². The number of rotatable bonds is 5. The van der Waals surface area contributed by atoms with Crippen molar-refractivity contribution in [3.8, 4) is 0 Å². The first-order chi connectivity index (χ1) is 9.61. The maximum absolute atomic E-state index is 12.3. The van der Waals surface area contributed by atoms with Crippen molar-refractivity contribution in [3.63, 3.8) is 0 Å². The van der Waals surface area contributed by atoms with Crippen LogP contribution in [0.1, 0.15) is 17.2 Å². The zero-order valence-corrected chi connectivity index (χ0v) is 12.5. The largest absolute Gasteiger partial charge is 0.369 e. The summed E-state index contributed by atoms with van der Waals surface area (Å²) in [5, 5.41) is 0.930. The summed E-state index contributed by atoms with van der Waals surface area (Å²) in [6.45, 7) is 0. The van der Waals surface area contributed by atoms with E-state index in [1.807, 2.05) is 30.3 Å². The van der Waals surface area contributed by atoms with Crippen LogP contribution in [0.3, 0.4) is 0 Å². The number of hydrogen-bond acceptors (Lipinski definition) is 2. The molecule has 20 heavy (non-hydrogen) atoms. The van der Waals surface area contributed by atoms with Gasteiger partial charge in [0.2, 0.25) is 0 Å². The van der Waals surface area contributed by atoms with Crippen LogP contribution >= 0.6 is 23.2 Å². The van der Waals surface area contributed by atoms with Crippen molar-refractivity contribution in [2.45, 2.75) is 12.5 Å². The summed E-state index contributed by atoms with van der Waals surface area (Å²) in [5.41, 5.74) is 1.67. The number of carbonyl (C=O) groups excluding carboxylic acids is 1. The molecule has 0 aliphatic carbocycles. The van der Waals surface area contributed by atoms with Crippen LogP contribution in [0.15, 0.2) is 48.5 Å². The Balaban J connectivity index is 2.15. The number of halogens is 2. The summed E-state index contributed by atoms with van der Waals surface area (Å²) < 4.78 is 5.32. The molecular weight excluding hydrogens is 295 g/mol. The van der Waals surface area contributed by atoms with Gasteiger partial charge in [0.25, 0.3) is 0 Å². The molecule has 2 rings (SSSR count). The average Bonchev–Trinajstić information content (AvgIpc) is 2.45. The molecule has 2 aromatic rings. The summed E-state index contributed by atoms with van der Waals surface area (Å²) in [7, 11) is 1.53. The van der Waals surface area contributed by atoms with E-state index in [0.717, 1.165) is 11.1 Å². The van der Waals surface area contributed by atoms with Gasteiger partial charge >= 0.3 is 0 Å². The van der Waals surface area contributed by atoms with Crippen molar-refractivity contribution in [1.82, 2.24) is 0 Å². The third-order valence-electron chi connectivity index (χ3n) is 2.99. The first-order valence-corrected chi connectivity index (χ1v) is 6.92. The highest BCUT2D eigenvalue weighted by Gasteiger charge is 2.20. The van der Waals surface area contributed by atoms with Crippen molar-refractivity contribution < 1.29 is 9.53 Å². The lowest BCUT2D eigenvalue weighted by atomic mass is 10.00. The van der Waals surface area contributed by atoms with Crippen molar-refractivity contribution in [3.05, 3.63) is 69.7 Å². The first-order valence-electron chi connectivity index (χ1n) is 6.16. The summed E-state index contributed by atoms with van der Waals surface area (Å²) in [6, 6.07) is 14.6. The van der Waals surface area contributed by atoms with E-state index in [0.29, 0.717) is 10.0 Å². The Morgan fingerprint density at radius 1 is 1.10 bits per heavy atom. The molecule has 0 radical (unpaired) electrons. The fourth-order valence-corrected chi connectivity index (χ4v) is 2.35. The Hall–Kier alpha value is -1.35. The summed E-state index contributed by atoms with van der Waals surface area (Å²) in [5.74, 6) is -0.0166. The van der Waals surface area contributed by atoms with Gasteiger partial charge in [-0.15, -0.1) is 0 Å². The second-order valence-corrected chi connectivity index (χ2v) is 5.23. The Kier molecular flexibility index (Phi) is 5.18. The fraction of sp³-hybridized carbons (Fsp3) is 0.188. The third kappa shape index (κ3) is 3.60. The molecule has 1 atom stereocenters. The zero-order chi connectivity index (χ0) is 14.5. The summed E-state index contributed by atoms with van der Waals surface area (Å²) in [4.78, 5) is 12.3. The SMILES string of the molecule is COC(C(=O)Cc1ccc(Cl)c(Cl)c1)c1ccccc1. The van der Waals surface area contributed by atoms with Gasteiger partial charge in [-0.25, -0.2) is 0 Å². The van der Waals surface area contributed by atoms with Gasteiger partial charge in [0.15, 0.2) is 5.78 Å². The van der Waals surface area contributed by atoms with E-state index in [1.54, 1.807) is 18.2 Å². The van der Waals surface area contributed by atoms with Crippen molar-refractivity contribution in [1.29, 1.82) is 0 Å². The molecule has 0 N–H and O–H groups in total. The maximum atomic E-state index is 12.3. The molecule has 0 aliphatic rings. The van der Waals surface area contributed by atoms with Crippen LogP contribution in [0.5, 0.6) is 0 Å². The number of ether oxygens (including phenoxy) is 1. The molecule has 4 heteroatoms. The molecule has 104 valence electrons. The smallest absolute Gasteiger partial charge is 0.170 e. The second kappa shape index (κ2) is 6.89. The molecule has 0 bridgehead atoms. The topological polar surface area (TPSA) is 26.3 Å². The lowest BCUT2D eigenvalue weighted by Crippen LogP contribution is -2.16. The number of carbonyl (C=O) groups is 1. The quantitative estimate of drug-likeness (QED) is 0.813. The molecule has 0 aromatic heterocycles. The molecule has 2 nitrogen and oxygen atoms in total. The molecule has 0 saturated heterocycles. The van der Waals surface area contributed by atoms with Crippen LogP contribution in [-0.2, 0) is 16.0 Å². The predicted octanol–water partition coefficient (Wildman–Crippen LogP) is 4.49. The van der Waals surface area contributed by atoms with Gasteiger partial charge in [-0.05, 0) is 23.3 Å². The Labute approximate surface area is 128 Å². The van der Waals surface area contributed by atoms with Gasteiger partial charge in [0.1, 0.15) is 6.10 Å². The standard InChI is InChI=1S/C16H14Cl2O2/c1-20-16(12-5-3-2-4-6-12)15(19)10-11-7-8-13(17)14(18)9-11/h2-9,16H,10H2,1H3. The molecular formula is C16H14Cl2O2. The molecule has 0 heterocycles. The third-order valence-corrected chi connectivity index (χ3v) is 3.73. The zero-order valence-electron chi connectivity index (χ0n) is 11.0. The number of hydrogen-bond donors (Lipinski definition) is 0. The highest BCUT2D eigenvalue weighted by Crippen LogP contribution is 2.25. The van der Waals surface area contributed by atoms with Crippen LogP contribution in [0.2, 0.25) is 10.0 Å². The predicted molar refractivity (Wildman–Crippen MR) is 81.4 cm³/mol. The minimum absolute atomic E-state index is 0.0166. The first kappa shape index (κ1) is 15.0. The van der Waals surface area contributed by atoms with Gasteiger partial charge in [-0.3, -0.25) is 4.79 Å². The number of benzene rings is 2. The average molecular weight is 309 g/mol. The van der Waals surface area contributed by atoms with Gasteiger partial charge in [0, 0.05) is 13.5 Å². The van der Waals surface area contributed by atoms with E-state index in [1.165, 1.54) is 7.11 Å². The van der Waals surface area contributed by atoms with E-state index < -0.39 is 6.10 Å². The van der Waals surface area contributed by atoms with E-state index in [9.17, 15) is 4.79 Å². The van der Waals surface area contributed by atoms with Crippen LogP contribution < -0.4 is 0 Å². The monoisotopic (exact) mass is 308 g/mol. The van der Waals surface area contributed by atoms with Crippen LogP contribution in [0.4, 0.5) is 0 Å². The van der Waals surface area contributed by atoms with Crippen molar-refractivity contribution >= 4 is 29.0 Å². The van der Waals surface area contributed by atoms with E-state index in [2.05, 4.69) is 0 Å². The summed E-state index contributed by atoms with van der Waals surface area (Å²) in [6.07, 6.45) is -0.310. The van der Waals surface area contributed by atoms with E-state index in [4.69, 9.17) is 27.9 Å². The van der Waals surface area contributed by atoms with Crippen LogP contribution in [0, 0.1) is 0 Å². The number of ketones is 1. The lowest BCUT2D eigenvalue weighted by Gasteiger charge is -2.14. The molecule has 0 saturated carbocycles. The highest BCUT2D eigenvalue weighted by molar-refractivity contribution is 6.42. The van der Waals surface area contributed by atoms with Gasteiger partial charge in [-0.1, -0.05) is 59.6 Å². The van der Waals surface area contributed by atoms with Gasteiger partial charge in [-0.2, -0.15) is 0 Å². The Morgan fingerprint density at radius 3 is 2.40 bits per heavy atom. The highest BCUT2D eigenvalue weighted by atomic mass is 35.5. The molecule has 2 aromatic carbocycles. The molecule has 0 amide bonds. The summed E-state index contributed by atoms with van der Waals surface area (Å²) >= 11 is 11.8. The minimum Gasteiger partial charge on any atom is -0.369 e. The number of methoxy groups -OCH3 is 1. The minimum atomic E-state index is -0.564. The Morgan fingerprint density at radius 2 is 1.80 bits per heavy atom. The van der Waals surface area contributed by atoms with E-state index in [-0.39, 0.29) is 12.2 Å². The van der Waals surface area contributed by atoms with Crippen LogP contribution in [0.25, 0.3) is 0 Å². The molecule has 0 aliphatic heterocycles. The molecule has 0 spiro atoms. The van der Waals surface area contributed by atoms with Gasteiger partial charge < -0.3 is 4.74 Å². The number of Topliss-reactive ketones (excluding diaryl/α,β-unsaturated/α-hetero) is 1. The van der Waals surface area contributed by atoms with Crippen molar-refractivity contribution in [2.24, 2.45) is 0 Å². The molecule has 1 unspecified atom stereocenters. The normalized spacial score (nSPS) is 12.2. The van der Waals surface area contributed by atoms with Crippen molar-refractivity contribution in [2.75, 3.05) is 7.11 Å². The van der Waals surface area contributed by atoms with Gasteiger partial charge in [0.05, 0.1) is 10.0 Å². The maximum Gasteiger partial charge on any atom is 0.170 e. The van der Waals surface area contributed by atoms with E-state index >= 15 is 0 Å². The Bertz CT molecular complexity index is 597.